The van der Waals surface area contributed by atoms with Crippen LogP contribution in [0.25, 0.3) is 0 Å². The lowest BCUT2D eigenvalue weighted by Crippen LogP contribution is -2.31. The van der Waals surface area contributed by atoms with Gasteiger partial charge in [0.1, 0.15) is 11.5 Å². The van der Waals surface area contributed by atoms with Gasteiger partial charge in [0.2, 0.25) is 17.5 Å². The van der Waals surface area contributed by atoms with Crippen LogP contribution in [0.4, 0.5) is 11.4 Å². The van der Waals surface area contributed by atoms with Crippen molar-refractivity contribution in [1.29, 1.82) is 0 Å². The Morgan fingerprint density at radius 3 is 1.79 bits per heavy atom. The van der Waals surface area contributed by atoms with Crippen LogP contribution < -0.4 is 16.0 Å². The number of Topliss-reactive ketones (excluding diaryl/α,β-unsaturated/α-hetero) is 1. The van der Waals surface area contributed by atoms with Gasteiger partial charge in [0.05, 0.1) is 35.3 Å². The van der Waals surface area contributed by atoms with Gasteiger partial charge in [0.25, 0.3) is 0 Å². The fourth-order valence-corrected chi connectivity index (χ4v) is 3.82. The molecule has 0 radical (unpaired) electrons. The van der Waals surface area contributed by atoms with Gasteiger partial charge in [-0.1, -0.05) is 20.3 Å². The fraction of sp³-hybridized carbons (Fsp3) is 0.360. The van der Waals surface area contributed by atoms with Crippen LogP contribution in [0.15, 0.2) is 24.3 Å². The lowest BCUT2D eigenvalue weighted by Gasteiger charge is -2.24. The molecule has 34 heavy (non-hydrogen) atoms. The number of nitrogens with one attached hydrogen (secondary N) is 3. The van der Waals surface area contributed by atoms with Crippen molar-refractivity contribution in [3.05, 3.63) is 46.5 Å². The van der Waals surface area contributed by atoms with Crippen molar-refractivity contribution in [3.8, 4) is 11.5 Å². The lowest BCUT2D eigenvalue weighted by atomic mass is 9.81. The van der Waals surface area contributed by atoms with E-state index in [1.54, 1.807) is 0 Å². The molecule has 3 rings (SSSR count). The molecule has 9 heteroatoms. The second-order valence-corrected chi connectivity index (χ2v) is 8.12. The average molecular weight is 468 g/mol. The molecule has 0 spiro atoms. The van der Waals surface area contributed by atoms with E-state index >= 15 is 0 Å². The van der Waals surface area contributed by atoms with Crippen molar-refractivity contribution in [2.24, 2.45) is 0 Å². The number of carbonyl (C=O) groups is 4. The summed E-state index contributed by atoms with van der Waals surface area (Å²) in [5.41, 5.74) is -0.245. The van der Waals surface area contributed by atoms with Crippen LogP contribution in [0.5, 0.6) is 11.5 Å². The highest BCUT2D eigenvalue weighted by Crippen LogP contribution is 2.42. The molecule has 2 aromatic carbocycles. The molecule has 0 saturated carbocycles. The summed E-state index contributed by atoms with van der Waals surface area (Å²) in [6.45, 7) is 4.23. The van der Waals surface area contributed by atoms with E-state index in [4.69, 9.17) is 0 Å². The van der Waals surface area contributed by atoms with E-state index < -0.39 is 23.1 Å². The van der Waals surface area contributed by atoms with Gasteiger partial charge < -0.3 is 26.2 Å². The van der Waals surface area contributed by atoms with Crippen LogP contribution in [-0.4, -0.2) is 53.1 Å². The van der Waals surface area contributed by atoms with Gasteiger partial charge in [-0.3, -0.25) is 19.2 Å². The number of benzene rings is 2. The van der Waals surface area contributed by atoms with Gasteiger partial charge in [-0.15, -0.1) is 0 Å². The molecule has 0 saturated heterocycles. The number of phenols is 2. The van der Waals surface area contributed by atoms with E-state index in [0.29, 0.717) is 13.0 Å². The van der Waals surface area contributed by atoms with E-state index in [9.17, 15) is 29.4 Å². The summed E-state index contributed by atoms with van der Waals surface area (Å²) in [6.07, 6.45) is 2.78. The minimum Gasteiger partial charge on any atom is -0.507 e. The summed E-state index contributed by atoms with van der Waals surface area (Å²) in [4.78, 5) is 51.0. The van der Waals surface area contributed by atoms with E-state index in [-0.39, 0.29) is 58.4 Å². The first-order valence-electron chi connectivity index (χ1n) is 11.4. The van der Waals surface area contributed by atoms with Crippen LogP contribution in [-0.2, 0) is 9.59 Å². The summed E-state index contributed by atoms with van der Waals surface area (Å²) in [5.74, 6) is -2.46. The Labute approximate surface area is 197 Å². The Balaban J connectivity index is 1.97. The third-order valence-electron chi connectivity index (χ3n) is 5.57. The number of phenolic OH excluding ortho intramolecular Hbond substituents is 2. The SMILES string of the molecule is CCCCC(=O)CNc1ccc(O)c2c1C(=O)c1c(O)ccc(NCC(=O)NCCC)c1C2=O. The number of carbonyl (C=O) groups excluding carboxylic acids is 4. The van der Waals surface area contributed by atoms with Gasteiger partial charge >= 0.3 is 0 Å². The number of amides is 1. The predicted octanol–water partition coefficient (Wildman–Crippen LogP) is 2.98. The number of fused-ring (bicyclic) bond motifs is 2. The van der Waals surface area contributed by atoms with Gasteiger partial charge in [-0.05, 0) is 37.1 Å². The summed E-state index contributed by atoms with van der Waals surface area (Å²) in [7, 11) is 0. The van der Waals surface area contributed by atoms with Gasteiger partial charge in [-0.25, -0.2) is 0 Å². The number of hydrogen-bond donors (Lipinski definition) is 5. The molecule has 0 unspecified atom stereocenters. The highest BCUT2D eigenvalue weighted by molar-refractivity contribution is 6.33. The number of unbranched alkanes of at least 4 members (excludes halogenated alkanes) is 1. The maximum atomic E-state index is 13.4. The fourth-order valence-electron chi connectivity index (χ4n) is 3.82. The molecular weight excluding hydrogens is 438 g/mol. The maximum Gasteiger partial charge on any atom is 0.239 e. The first kappa shape index (κ1) is 24.8. The highest BCUT2D eigenvalue weighted by atomic mass is 16.3. The molecule has 0 fully saturated rings. The topological polar surface area (TPSA) is 145 Å². The van der Waals surface area contributed by atoms with Crippen molar-refractivity contribution in [2.45, 2.75) is 39.5 Å². The lowest BCUT2D eigenvalue weighted by molar-refractivity contribution is -0.119. The summed E-state index contributed by atoms with van der Waals surface area (Å²) >= 11 is 0. The molecule has 0 aliphatic heterocycles. The van der Waals surface area contributed by atoms with Crippen molar-refractivity contribution in [1.82, 2.24) is 5.32 Å². The zero-order chi connectivity index (χ0) is 24.8. The molecule has 0 aromatic heterocycles. The first-order chi connectivity index (χ1) is 16.3. The maximum absolute atomic E-state index is 13.4. The standard InChI is InChI=1S/C25H29N3O6/c1-3-5-6-14(29)12-27-15-7-9-17(30)22-20(15)24(33)23-18(31)10-8-16(21(23)25(22)34)28-13-19(32)26-11-4-2/h7-10,27-28,30-31H,3-6,11-13H2,1-2H3,(H,26,32). The molecule has 9 nitrogen and oxygen atoms in total. The second kappa shape index (κ2) is 10.8. The third-order valence-corrected chi connectivity index (χ3v) is 5.57. The zero-order valence-electron chi connectivity index (χ0n) is 19.3. The van der Waals surface area contributed by atoms with E-state index in [2.05, 4.69) is 16.0 Å². The Kier molecular flexibility index (Phi) is 7.88. The summed E-state index contributed by atoms with van der Waals surface area (Å²) in [5, 5.41) is 29.3. The minimum atomic E-state index is -0.671. The molecule has 1 aliphatic rings. The number of anilines is 2. The average Bonchev–Trinajstić information content (AvgIpc) is 2.82. The molecule has 0 heterocycles. The number of rotatable bonds is 11. The van der Waals surface area contributed by atoms with Crippen molar-refractivity contribution < 1.29 is 29.4 Å². The predicted molar refractivity (Wildman–Crippen MR) is 128 cm³/mol. The van der Waals surface area contributed by atoms with Crippen LogP contribution in [0.1, 0.15) is 71.4 Å². The molecular formula is C25H29N3O6. The highest BCUT2D eigenvalue weighted by Gasteiger charge is 2.38. The van der Waals surface area contributed by atoms with E-state index in [0.717, 1.165) is 19.3 Å². The number of hydrogen-bond acceptors (Lipinski definition) is 8. The van der Waals surface area contributed by atoms with Crippen molar-refractivity contribution >= 4 is 34.6 Å². The van der Waals surface area contributed by atoms with E-state index in [1.165, 1.54) is 24.3 Å². The Morgan fingerprint density at radius 1 is 0.765 bits per heavy atom. The van der Waals surface area contributed by atoms with Crippen LogP contribution in [0.3, 0.4) is 0 Å². The number of ketones is 3. The Hall–Kier alpha value is -3.88. The third kappa shape index (κ3) is 5.03. The minimum absolute atomic E-state index is 0.0357. The first-order valence-corrected chi connectivity index (χ1v) is 11.4. The molecule has 180 valence electrons. The molecule has 0 bridgehead atoms. The van der Waals surface area contributed by atoms with Gasteiger partial charge in [0, 0.05) is 24.3 Å². The quantitative estimate of drug-likeness (QED) is 0.271. The van der Waals surface area contributed by atoms with Crippen LogP contribution in [0, 0.1) is 0 Å². The normalized spacial score (nSPS) is 12.1. The van der Waals surface area contributed by atoms with Crippen LogP contribution >= 0.6 is 0 Å². The molecule has 5 N–H and O–H groups in total. The van der Waals surface area contributed by atoms with Crippen molar-refractivity contribution in [2.75, 3.05) is 30.3 Å². The van der Waals surface area contributed by atoms with Gasteiger partial charge in [0.15, 0.2) is 5.78 Å². The Bertz CT molecular complexity index is 1050. The zero-order valence-corrected chi connectivity index (χ0v) is 19.3. The van der Waals surface area contributed by atoms with E-state index in [1.807, 2.05) is 13.8 Å². The van der Waals surface area contributed by atoms with Gasteiger partial charge in [-0.2, -0.15) is 0 Å². The largest absolute Gasteiger partial charge is 0.507 e. The number of aromatic hydroxyl groups is 2. The molecule has 2 aromatic rings. The monoisotopic (exact) mass is 467 g/mol. The molecule has 1 amide bonds. The molecule has 0 atom stereocenters. The second-order valence-electron chi connectivity index (χ2n) is 8.12. The summed E-state index contributed by atoms with van der Waals surface area (Å²) in [6, 6.07) is 5.38. The summed E-state index contributed by atoms with van der Waals surface area (Å²) < 4.78 is 0. The van der Waals surface area contributed by atoms with Crippen LogP contribution in [0.2, 0.25) is 0 Å². The van der Waals surface area contributed by atoms with Crippen molar-refractivity contribution in [3.63, 3.8) is 0 Å². The molecule has 1 aliphatic carbocycles. The smallest absolute Gasteiger partial charge is 0.239 e. The Morgan fingerprint density at radius 2 is 1.29 bits per heavy atom.